The number of hydrogen-bond acceptors (Lipinski definition) is 10. The first-order valence-electron chi connectivity index (χ1n) is 8.92. The summed E-state index contributed by atoms with van der Waals surface area (Å²) in [5, 5.41) is 19.5. The molecule has 1 fully saturated rings. The maximum atomic E-state index is 12.2. The van der Waals surface area contributed by atoms with E-state index < -0.39 is 54.5 Å². The smallest absolute Gasteiger partial charge is 0.303 e. The van der Waals surface area contributed by atoms with Gasteiger partial charge in [0, 0.05) is 34.2 Å². The van der Waals surface area contributed by atoms with Crippen molar-refractivity contribution in [2.75, 3.05) is 19.8 Å². The Morgan fingerprint density at radius 3 is 2.03 bits per heavy atom. The number of aliphatic hydroxyl groups is 2. The summed E-state index contributed by atoms with van der Waals surface area (Å²) < 4.78 is 20.9. The monoisotopic (exact) mass is 417 g/mol. The minimum atomic E-state index is -1.64. The van der Waals surface area contributed by atoms with Crippen LogP contribution in [0, 0.1) is 0 Å². The van der Waals surface area contributed by atoms with E-state index in [1.54, 1.807) is 0 Å². The fraction of sp³-hybridized carbons (Fsp3) is 0.667. The number of amides is 1. The van der Waals surface area contributed by atoms with Crippen molar-refractivity contribution in [3.05, 3.63) is 12.2 Å². The third kappa shape index (κ3) is 7.44. The van der Waals surface area contributed by atoms with Gasteiger partial charge in [-0.05, 0) is 0 Å². The van der Waals surface area contributed by atoms with Crippen LogP contribution in [0.25, 0.3) is 0 Å². The summed E-state index contributed by atoms with van der Waals surface area (Å²) in [7, 11) is 0. The SMILES string of the molecule is CC(=O)OC[C@H]1O[C@@H](O)[C@H](N(C/C=C\CO)C(C)=O)[C@@H](OC(C)=O)[C@@H]1OC(C)=O. The van der Waals surface area contributed by atoms with Gasteiger partial charge in [-0.1, -0.05) is 12.2 Å². The average Bonchev–Trinajstić information content (AvgIpc) is 2.59. The molecule has 0 spiro atoms. The number of nitrogens with zero attached hydrogens (tertiary/aromatic N) is 1. The molecule has 0 aliphatic carbocycles. The summed E-state index contributed by atoms with van der Waals surface area (Å²) in [6, 6.07) is -1.22. The van der Waals surface area contributed by atoms with E-state index in [-0.39, 0.29) is 19.8 Å². The van der Waals surface area contributed by atoms with Crippen molar-refractivity contribution < 1.29 is 48.3 Å². The van der Waals surface area contributed by atoms with Gasteiger partial charge in [-0.15, -0.1) is 0 Å². The standard InChI is InChI=1S/C18H27NO10/c1-10(21)19(7-5-6-8-20)15-17(28-13(4)24)16(27-12(3)23)14(29-18(15)25)9-26-11(2)22/h5-6,14-18,20,25H,7-9H2,1-4H3/b6-5-/t14-,15-,16-,17-,18-/m1/s1. The quantitative estimate of drug-likeness (QED) is 0.283. The Morgan fingerprint density at radius 2 is 1.55 bits per heavy atom. The summed E-state index contributed by atoms with van der Waals surface area (Å²) in [5.41, 5.74) is 0. The molecule has 1 saturated heterocycles. The van der Waals surface area contributed by atoms with Crippen molar-refractivity contribution in [3.8, 4) is 0 Å². The lowest BCUT2D eigenvalue weighted by molar-refractivity contribution is -0.277. The number of esters is 3. The van der Waals surface area contributed by atoms with Crippen LogP contribution in [0.2, 0.25) is 0 Å². The number of aliphatic hydroxyl groups excluding tert-OH is 2. The highest BCUT2D eigenvalue weighted by Gasteiger charge is 2.52. The topological polar surface area (TPSA) is 149 Å². The highest BCUT2D eigenvalue weighted by molar-refractivity contribution is 5.74. The minimum absolute atomic E-state index is 0.0415. The van der Waals surface area contributed by atoms with Crippen molar-refractivity contribution in [3.63, 3.8) is 0 Å². The molecule has 29 heavy (non-hydrogen) atoms. The summed E-state index contributed by atoms with van der Waals surface area (Å²) >= 11 is 0. The first-order chi connectivity index (χ1) is 13.6. The van der Waals surface area contributed by atoms with Crippen LogP contribution < -0.4 is 0 Å². The lowest BCUT2D eigenvalue weighted by Gasteiger charge is -2.47. The van der Waals surface area contributed by atoms with Crippen LogP contribution >= 0.6 is 0 Å². The molecule has 0 bridgehead atoms. The van der Waals surface area contributed by atoms with E-state index in [0.29, 0.717) is 0 Å². The van der Waals surface area contributed by atoms with E-state index in [1.165, 1.54) is 19.1 Å². The Bertz CT molecular complexity index is 634. The van der Waals surface area contributed by atoms with Gasteiger partial charge in [0.15, 0.2) is 18.5 Å². The number of ether oxygens (including phenoxy) is 4. The zero-order chi connectivity index (χ0) is 22.1. The Labute approximate surface area is 168 Å². The molecule has 5 atom stereocenters. The first kappa shape index (κ1) is 24.5. The Balaban J connectivity index is 3.32. The second-order valence-corrected chi connectivity index (χ2v) is 6.33. The van der Waals surface area contributed by atoms with Gasteiger partial charge >= 0.3 is 17.9 Å². The van der Waals surface area contributed by atoms with Crippen molar-refractivity contribution in [1.82, 2.24) is 4.90 Å². The normalized spacial score (nSPS) is 26.6. The molecule has 11 heteroatoms. The summed E-state index contributed by atoms with van der Waals surface area (Å²) in [6.07, 6.45) is -2.47. The molecule has 11 nitrogen and oxygen atoms in total. The van der Waals surface area contributed by atoms with Crippen molar-refractivity contribution in [2.45, 2.75) is 58.3 Å². The third-order valence-corrected chi connectivity index (χ3v) is 4.03. The number of carbonyl (C=O) groups is 4. The molecule has 1 rings (SSSR count). The maximum absolute atomic E-state index is 12.2. The highest BCUT2D eigenvalue weighted by atomic mass is 16.7. The van der Waals surface area contributed by atoms with E-state index in [9.17, 15) is 24.3 Å². The van der Waals surface area contributed by atoms with Gasteiger partial charge in [-0.2, -0.15) is 0 Å². The van der Waals surface area contributed by atoms with Crippen molar-refractivity contribution >= 4 is 23.8 Å². The van der Waals surface area contributed by atoms with Crippen molar-refractivity contribution in [2.24, 2.45) is 0 Å². The first-order valence-corrected chi connectivity index (χ1v) is 8.92. The lowest BCUT2D eigenvalue weighted by atomic mass is 9.94. The van der Waals surface area contributed by atoms with E-state index in [0.717, 1.165) is 25.7 Å². The van der Waals surface area contributed by atoms with Crippen LogP contribution in [0.15, 0.2) is 12.2 Å². The van der Waals surface area contributed by atoms with Crippen LogP contribution in [0.1, 0.15) is 27.7 Å². The van der Waals surface area contributed by atoms with Crippen molar-refractivity contribution in [1.29, 1.82) is 0 Å². The molecule has 0 aromatic heterocycles. The van der Waals surface area contributed by atoms with E-state index in [1.807, 2.05) is 0 Å². The van der Waals surface area contributed by atoms with E-state index in [4.69, 9.17) is 24.1 Å². The predicted octanol–water partition coefficient (Wildman–Crippen LogP) is -1.10. The molecular formula is C18H27NO10. The maximum Gasteiger partial charge on any atom is 0.303 e. The zero-order valence-corrected chi connectivity index (χ0v) is 16.8. The minimum Gasteiger partial charge on any atom is -0.463 e. The summed E-state index contributed by atoms with van der Waals surface area (Å²) in [6.45, 7) is 3.96. The van der Waals surface area contributed by atoms with Gasteiger partial charge in [0.25, 0.3) is 0 Å². The average molecular weight is 417 g/mol. The van der Waals surface area contributed by atoms with Gasteiger partial charge in [-0.3, -0.25) is 19.2 Å². The van der Waals surface area contributed by atoms with Gasteiger partial charge in [0.05, 0.1) is 6.61 Å². The van der Waals surface area contributed by atoms with Gasteiger partial charge in [-0.25, -0.2) is 0 Å². The van der Waals surface area contributed by atoms with Crippen LogP contribution in [0.5, 0.6) is 0 Å². The summed E-state index contributed by atoms with van der Waals surface area (Å²) in [5.74, 6) is -2.59. The number of rotatable bonds is 8. The lowest BCUT2D eigenvalue weighted by Crippen LogP contribution is -2.66. The molecule has 0 aromatic rings. The van der Waals surface area contributed by atoms with E-state index >= 15 is 0 Å². The number of hydrogen-bond donors (Lipinski definition) is 2. The Hall–Kier alpha value is -2.50. The summed E-state index contributed by atoms with van der Waals surface area (Å²) in [4.78, 5) is 47.8. The predicted molar refractivity (Wildman–Crippen MR) is 96.0 cm³/mol. The van der Waals surface area contributed by atoms with Gasteiger partial charge < -0.3 is 34.1 Å². The zero-order valence-electron chi connectivity index (χ0n) is 16.8. The van der Waals surface area contributed by atoms with Crippen LogP contribution in [-0.2, 0) is 38.1 Å². The molecular weight excluding hydrogens is 390 g/mol. The molecule has 0 aromatic carbocycles. The molecule has 2 N–H and O–H groups in total. The number of carbonyl (C=O) groups excluding carboxylic acids is 4. The van der Waals surface area contributed by atoms with Gasteiger partial charge in [0.2, 0.25) is 5.91 Å². The van der Waals surface area contributed by atoms with Crippen LogP contribution in [0.3, 0.4) is 0 Å². The Kier molecular flexibility index (Phi) is 9.72. The molecule has 1 aliphatic rings. The molecule has 1 heterocycles. The molecule has 0 radical (unpaired) electrons. The van der Waals surface area contributed by atoms with Gasteiger partial charge in [0.1, 0.15) is 18.8 Å². The van der Waals surface area contributed by atoms with Crippen LogP contribution in [-0.4, -0.2) is 89.3 Å². The largest absolute Gasteiger partial charge is 0.463 e. The molecule has 1 amide bonds. The molecule has 164 valence electrons. The molecule has 1 aliphatic heterocycles. The second-order valence-electron chi connectivity index (χ2n) is 6.33. The van der Waals surface area contributed by atoms with Crippen LogP contribution in [0.4, 0.5) is 0 Å². The molecule has 0 saturated carbocycles. The highest BCUT2D eigenvalue weighted by Crippen LogP contribution is 2.29. The van der Waals surface area contributed by atoms with E-state index in [2.05, 4.69) is 0 Å². The fourth-order valence-electron chi connectivity index (χ4n) is 2.96. The fourth-order valence-corrected chi connectivity index (χ4v) is 2.96. The molecule has 0 unspecified atom stereocenters. The Morgan fingerprint density at radius 1 is 0.966 bits per heavy atom. The second kappa shape index (κ2) is 11.5. The third-order valence-electron chi connectivity index (χ3n) is 4.03.